The van der Waals surface area contributed by atoms with Gasteiger partial charge in [-0.15, -0.1) is 22.7 Å². The lowest BCUT2D eigenvalue weighted by Gasteiger charge is -2.10. The Bertz CT molecular complexity index is 788. The lowest BCUT2D eigenvalue weighted by atomic mass is 10.2. The highest BCUT2D eigenvalue weighted by Gasteiger charge is 2.12. The van der Waals surface area contributed by atoms with E-state index in [4.69, 9.17) is 4.74 Å². The molecule has 0 saturated carbocycles. The van der Waals surface area contributed by atoms with Crippen molar-refractivity contribution in [3.05, 3.63) is 34.7 Å². The molecule has 1 aromatic carbocycles. The van der Waals surface area contributed by atoms with E-state index in [0.717, 1.165) is 40.3 Å². The van der Waals surface area contributed by atoms with Crippen molar-refractivity contribution < 1.29 is 4.74 Å². The van der Waals surface area contributed by atoms with Crippen molar-refractivity contribution in [1.29, 1.82) is 0 Å². The number of ether oxygens (including phenoxy) is 1. The summed E-state index contributed by atoms with van der Waals surface area (Å²) in [5.74, 6) is 0.931. The number of hydrogen-bond acceptors (Lipinski definition) is 5. The van der Waals surface area contributed by atoms with Gasteiger partial charge in [-0.3, -0.25) is 0 Å². The molecular formula is C16H18N2OS2. The van der Waals surface area contributed by atoms with Crippen LogP contribution in [0.5, 0.6) is 5.75 Å². The maximum absolute atomic E-state index is 6.00. The molecule has 0 aliphatic carbocycles. The Morgan fingerprint density at radius 2 is 2.33 bits per heavy atom. The first-order valence-electron chi connectivity index (χ1n) is 6.96. The molecule has 0 saturated heterocycles. The molecule has 0 amide bonds. The van der Waals surface area contributed by atoms with Gasteiger partial charge in [-0.05, 0) is 30.5 Å². The molecule has 0 bridgehead atoms. The van der Waals surface area contributed by atoms with Crippen LogP contribution in [0, 0.1) is 6.92 Å². The number of thiophene rings is 1. The zero-order chi connectivity index (χ0) is 14.8. The molecule has 0 aliphatic rings. The molecule has 21 heavy (non-hydrogen) atoms. The first-order valence-corrected chi connectivity index (χ1v) is 8.66. The van der Waals surface area contributed by atoms with Crippen molar-refractivity contribution in [2.75, 3.05) is 19.7 Å². The van der Waals surface area contributed by atoms with Gasteiger partial charge < -0.3 is 10.1 Å². The molecule has 0 atom stereocenters. The van der Waals surface area contributed by atoms with Crippen LogP contribution in [0.3, 0.4) is 0 Å². The maximum Gasteiger partial charge on any atom is 0.130 e. The van der Waals surface area contributed by atoms with E-state index >= 15 is 0 Å². The molecule has 0 unspecified atom stereocenters. The summed E-state index contributed by atoms with van der Waals surface area (Å²) in [4.78, 5) is 4.64. The van der Waals surface area contributed by atoms with Crippen LogP contribution in [0.1, 0.15) is 11.9 Å². The third-order valence-corrected chi connectivity index (χ3v) is 5.06. The van der Waals surface area contributed by atoms with Crippen LogP contribution < -0.4 is 10.1 Å². The molecule has 0 spiro atoms. The highest BCUT2D eigenvalue weighted by molar-refractivity contribution is 7.21. The number of likely N-dealkylation sites (N-methyl/N-ethyl adjacent to an activating group) is 1. The summed E-state index contributed by atoms with van der Waals surface area (Å²) in [6, 6.07) is 4.21. The summed E-state index contributed by atoms with van der Waals surface area (Å²) >= 11 is 3.44. The fourth-order valence-electron chi connectivity index (χ4n) is 2.24. The van der Waals surface area contributed by atoms with Gasteiger partial charge in [-0.1, -0.05) is 13.5 Å². The van der Waals surface area contributed by atoms with Crippen LogP contribution in [0.15, 0.2) is 29.7 Å². The highest BCUT2D eigenvalue weighted by Crippen LogP contribution is 2.38. The topological polar surface area (TPSA) is 34.1 Å². The molecule has 2 heterocycles. The van der Waals surface area contributed by atoms with E-state index < -0.39 is 0 Å². The van der Waals surface area contributed by atoms with Gasteiger partial charge in [0.15, 0.2) is 0 Å². The minimum Gasteiger partial charge on any atom is -0.488 e. The zero-order valence-corrected chi connectivity index (χ0v) is 13.9. The SMILES string of the molecule is C=C(CNCC)COc1cc2sc(C)nc2c2sccc12. The van der Waals surface area contributed by atoms with Gasteiger partial charge in [0.2, 0.25) is 0 Å². The van der Waals surface area contributed by atoms with Crippen LogP contribution in [-0.4, -0.2) is 24.7 Å². The minimum absolute atomic E-state index is 0.543. The van der Waals surface area contributed by atoms with E-state index in [9.17, 15) is 0 Å². The third kappa shape index (κ3) is 2.95. The van der Waals surface area contributed by atoms with Crippen LogP contribution >= 0.6 is 22.7 Å². The van der Waals surface area contributed by atoms with Gasteiger partial charge in [-0.2, -0.15) is 0 Å². The van der Waals surface area contributed by atoms with E-state index in [-0.39, 0.29) is 0 Å². The number of fused-ring (bicyclic) bond motifs is 3. The van der Waals surface area contributed by atoms with Crippen molar-refractivity contribution in [3.63, 3.8) is 0 Å². The molecule has 5 heteroatoms. The largest absolute Gasteiger partial charge is 0.488 e. The van der Waals surface area contributed by atoms with E-state index in [1.54, 1.807) is 22.7 Å². The Kier molecular flexibility index (Phi) is 4.24. The van der Waals surface area contributed by atoms with E-state index in [1.807, 2.05) is 6.92 Å². The van der Waals surface area contributed by atoms with Crippen LogP contribution in [-0.2, 0) is 0 Å². The average Bonchev–Trinajstić information content (AvgIpc) is 3.07. The summed E-state index contributed by atoms with van der Waals surface area (Å²) in [7, 11) is 0. The number of benzene rings is 1. The Labute approximate surface area is 132 Å². The molecule has 0 fully saturated rings. The fourth-order valence-corrected chi connectivity index (χ4v) is 4.07. The van der Waals surface area contributed by atoms with Gasteiger partial charge in [-0.25, -0.2) is 4.98 Å². The van der Waals surface area contributed by atoms with Crippen molar-refractivity contribution in [1.82, 2.24) is 10.3 Å². The molecule has 3 aromatic rings. The minimum atomic E-state index is 0.543. The standard InChI is InChI=1S/C16H18N2OS2/c1-4-17-8-10(2)9-19-13-7-14-15(18-11(3)21-14)16-12(13)5-6-20-16/h5-7,17H,2,4,8-9H2,1,3H3. The highest BCUT2D eigenvalue weighted by atomic mass is 32.1. The second-order valence-electron chi connectivity index (χ2n) is 4.94. The van der Waals surface area contributed by atoms with Crippen molar-refractivity contribution in [2.24, 2.45) is 0 Å². The lowest BCUT2D eigenvalue weighted by molar-refractivity contribution is 0.353. The molecule has 110 valence electrons. The Morgan fingerprint density at radius 1 is 1.48 bits per heavy atom. The summed E-state index contributed by atoms with van der Waals surface area (Å²) in [6.45, 7) is 10.5. The van der Waals surface area contributed by atoms with Gasteiger partial charge in [0, 0.05) is 18.0 Å². The molecule has 1 N–H and O–H groups in total. The molecule has 3 rings (SSSR count). The smallest absolute Gasteiger partial charge is 0.130 e. The lowest BCUT2D eigenvalue weighted by Crippen LogP contribution is -2.18. The first-order chi connectivity index (χ1) is 10.2. The van der Waals surface area contributed by atoms with Gasteiger partial charge in [0.05, 0.1) is 19.9 Å². The number of thiazole rings is 1. The van der Waals surface area contributed by atoms with Crippen LogP contribution in [0.2, 0.25) is 0 Å². The molecule has 0 radical (unpaired) electrons. The number of aromatic nitrogens is 1. The number of hydrogen-bond donors (Lipinski definition) is 1. The quantitative estimate of drug-likeness (QED) is 0.686. The average molecular weight is 318 g/mol. The summed E-state index contributed by atoms with van der Waals surface area (Å²) in [6.07, 6.45) is 0. The molecular weight excluding hydrogens is 300 g/mol. The predicted octanol–water partition coefficient (Wildman–Crippen LogP) is 4.36. The van der Waals surface area contributed by atoms with Crippen molar-refractivity contribution in [2.45, 2.75) is 13.8 Å². The first kappa shape index (κ1) is 14.5. The van der Waals surface area contributed by atoms with Crippen molar-refractivity contribution >= 4 is 43.0 Å². The third-order valence-electron chi connectivity index (χ3n) is 3.23. The second kappa shape index (κ2) is 6.13. The van der Waals surface area contributed by atoms with E-state index in [0.29, 0.717) is 6.61 Å². The monoisotopic (exact) mass is 318 g/mol. The van der Waals surface area contributed by atoms with E-state index in [2.05, 4.69) is 41.3 Å². The molecule has 0 aliphatic heterocycles. The fraction of sp³-hybridized carbons (Fsp3) is 0.312. The van der Waals surface area contributed by atoms with Gasteiger partial charge in [0.25, 0.3) is 0 Å². The zero-order valence-electron chi connectivity index (χ0n) is 12.2. The van der Waals surface area contributed by atoms with Crippen molar-refractivity contribution in [3.8, 4) is 5.75 Å². The van der Waals surface area contributed by atoms with Crippen LogP contribution in [0.4, 0.5) is 0 Å². The van der Waals surface area contributed by atoms with Crippen LogP contribution in [0.25, 0.3) is 20.3 Å². The summed E-state index contributed by atoms with van der Waals surface area (Å²) in [5, 5.41) is 7.60. The Balaban J connectivity index is 1.90. The number of aryl methyl sites for hydroxylation is 1. The normalized spacial score (nSPS) is 11.3. The molecule has 3 nitrogen and oxygen atoms in total. The molecule has 2 aromatic heterocycles. The predicted molar refractivity (Wildman–Crippen MR) is 92.9 cm³/mol. The Hall–Kier alpha value is -1.43. The number of nitrogens with one attached hydrogen (secondary N) is 1. The summed E-state index contributed by atoms with van der Waals surface area (Å²) in [5.41, 5.74) is 2.15. The number of rotatable bonds is 6. The maximum atomic E-state index is 6.00. The second-order valence-corrected chi connectivity index (χ2v) is 7.09. The van der Waals surface area contributed by atoms with E-state index in [1.165, 1.54) is 9.40 Å². The number of nitrogens with zero attached hydrogens (tertiary/aromatic N) is 1. The Morgan fingerprint density at radius 3 is 3.14 bits per heavy atom. The van der Waals surface area contributed by atoms with Gasteiger partial charge in [0.1, 0.15) is 12.4 Å². The van der Waals surface area contributed by atoms with Gasteiger partial charge >= 0.3 is 0 Å². The summed E-state index contributed by atoms with van der Waals surface area (Å²) < 4.78 is 8.40.